The van der Waals surface area contributed by atoms with Gasteiger partial charge in [0.15, 0.2) is 9.84 Å². The summed E-state index contributed by atoms with van der Waals surface area (Å²) in [6.45, 7) is 5.28. The molecule has 2 heterocycles. The number of rotatable bonds is 4. The minimum atomic E-state index is -4.39. The third-order valence-electron chi connectivity index (χ3n) is 6.42. The fourth-order valence-electron chi connectivity index (χ4n) is 4.53. The predicted molar refractivity (Wildman–Crippen MR) is 127 cm³/mol. The lowest BCUT2D eigenvalue weighted by Crippen LogP contribution is -2.54. The molecule has 2 aliphatic heterocycles. The molecule has 0 spiro atoms. The Labute approximate surface area is 203 Å². The van der Waals surface area contributed by atoms with Crippen LogP contribution in [0.1, 0.15) is 22.8 Å². The van der Waals surface area contributed by atoms with Gasteiger partial charge in [0.2, 0.25) is 0 Å². The van der Waals surface area contributed by atoms with Crippen molar-refractivity contribution < 1.29 is 31.1 Å². The lowest BCUT2D eigenvalue weighted by molar-refractivity contribution is -0.137. The highest BCUT2D eigenvalue weighted by atomic mass is 32.2. The molecule has 1 amide bonds. The second kappa shape index (κ2) is 9.69. The molecule has 2 aliphatic rings. The number of hydrogen-bond acceptors (Lipinski definition) is 6. The Morgan fingerprint density at radius 3 is 2.23 bits per heavy atom. The zero-order chi connectivity index (χ0) is 25.4. The third kappa shape index (κ3) is 5.56. The van der Waals surface area contributed by atoms with Crippen LogP contribution in [0.4, 0.5) is 24.5 Å². The van der Waals surface area contributed by atoms with Crippen molar-refractivity contribution in [2.75, 3.05) is 62.0 Å². The fourth-order valence-corrected chi connectivity index (χ4v) is 5.18. The molecule has 190 valence electrons. The fraction of sp³-hybridized carbons (Fsp3) is 0.458. The van der Waals surface area contributed by atoms with Gasteiger partial charge in [-0.05, 0) is 49.4 Å². The van der Waals surface area contributed by atoms with E-state index in [-0.39, 0.29) is 16.8 Å². The quantitative estimate of drug-likeness (QED) is 0.628. The summed E-state index contributed by atoms with van der Waals surface area (Å²) in [5.41, 5.74) is 0.948. The van der Waals surface area contributed by atoms with Gasteiger partial charge in [0.25, 0.3) is 5.91 Å². The summed E-state index contributed by atoms with van der Waals surface area (Å²) in [4.78, 5) is 19.4. The van der Waals surface area contributed by atoms with Crippen molar-refractivity contribution in [1.29, 1.82) is 0 Å². The summed E-state index contributed by atoms with van der Waals surface area (Å²) < 4.78 is 68.5. The Kier molecular flexibility index (Phi) is 7.01. The van der Waals surface area contributed by atoms with Gasteiger partial charge >= 0.3 is 6.18 Å². The van der Waals surface area contributed by atoms with E-state index in [0.29, 0.717) is 62.9 Å². The van der Waals surface area contributed by atoms with Crippen LogP contribution in [0.2, 0.25) is 0 Å². The van der Waals surface area contributed by atoms with Crippen LogP contribution in [0, 0.1) is 0 Å². The van der Waals surface area contributed by atoms with Crippen molar-refractivity contribution in [3.63, 3.8) is 0 Å². The summed E-state index contributed by atoms with van der Waals surface area (Å²) in [6, 6.07) is 9.50. The molecular formula is C24H28F3N3O4S. The first-order valence-corrected chi connectivity index (χ1v) is 13.2. The van der Waals surface area contributed by atoms with Gasteiger partial charge in [0.05, 0.1) is 29.2 Å². The van der Waals surface area contributed by atoms with Crippen LogP contribution in [0.25, 0.3) is 0 Å². The normalized spacial score (nSPS) is 19.7. The molecule has 0 aromatic heterocycles. The van der Waals surface area contributed by atoms with Gasteiger partial charge in [0.1, 0.15) is 0 Å². The summed E-state index contributed by atoms with van der Waals surface area (Å²) in [5.74, 6) is -0.268. The molecule has 1 atom stereocenters. The first kappa shape index (κ1) is 25.3. The van der Waals surface area contributed by atoms with Gasteiger partial charge in [0, 0.05) is 56.4 Å². The minimum absolute atomic E-state index is 0.0781. The van der Waals surface area contributed by atoms with Gasteiger partial charge in [-0.1, -0.05) is 0 Å². The number of carbonyl (C=O) groups is 1. The van der Waals surface area contributed by atoms with Gasteiger partial charge < -0.3 is 19.4 Å². The van der Waals surface area contributed by atoms with Gasteiger partial charge in [-0.15, -0.1) is 0 Å². The number of morpholine rings is 1. The number of piperazine rings is 1. The molecule has 4 rings (SSSR count). The molecule has 2 aromatic rings. The molecule has 2 saturated heterocycles. The van der Waals surface area contributed by atoms with Crippen LogP contribution >= 0.6 is 0 Å². The highest BCUT2D eigenvalue weighted by molar-refractivity contribution is 7.90. The topological polar surface area (TPSA) is 70.2 Å². The predicted octanol–water partition coefficient (Wildman–Crippen LogP) is 3.30. The standard InChI is InChI=1S/C24H28F3N3O4S/c1-17-16-29(9-10-30(17)19-5-3-18(4-6-19)24(25,26)27)23(31)21-15-20(35(2,32)33)7-8-22(21)28-11-13-34-14-12-28/h3-8,15,17H,9-14,16H2,1-2H3. The molecule has 0 radical (unpaired) electrons. The molecule has 35 heavy (non-hydrogen) atoms. The van der Waals surface area contributed by atoms with E-state index in [2.05, 4.69) is 0 Å². The lowest BCUT2D eigenvalue weighted by Gasteiger charge is -2.42. The largest absolute Gasteiger partial charge is 0.416 e. The molecule has 1 unspecified atom stereocenters. The van der Waals surface area contributed by atoms with Crippen LogP contribution < -0.4 is 9.80 Å². The lowest BCUT2D eigenvalue weighted by atomic mass is 10.1. The van der Waals surface area contributed by atoms with E-state index in [1.807, 2.05) is 16.7 Å². The highest BCUT2D eigenvalue weighted by Crippen LogP contribution is 2.32. The zero-order valence-corrected chi connectivity index (χ0v) is 20.4. The number of amides is 1. The monoisotopic (exact) mass is 511 g/mol. The molecule has 0 bridgehead atoms. The maximum absolute atomic E-state index is 13.6. The Bertz CT molecular complexity index is 1180. The number of anilines is 2. The summed E-state index contributed by atoms with van der Waals surface area (Å²) in [7, 11) is -3.51. The molecule has 0 saturated carbocycles. The average Bonchev–Trinajstić information content (AvgIpc) is 2.82. The molecular weight excluding hydrogens is 483 g/mol. The molecule has 2 fully saturated rings. The van der Waals surface area contributed by atoms with Crippen LogP contribution in [0.15, 0.2) is 47.4 Å². The molecule has 7 nitrogen and oxygen atoms in total. The van der Waals surface area contributed by atoms with E-state index in [9.17, 15) is 26.4 Å². The highest BCUT2D eigenvalue weighted by Gasteiger charge is 2.32. The van der Waals surface area contributed by atoms with E-state index >= 15 is 0 Å². The number of sulfone groups is 1. The van der Waals surface area contributed by atoms with Crippen molar-refractivity contribution >= 4 is 27.1 Å². The van der Waals surface area contributed by atoms with Crippen molar-refractivity contribution in [1.82, 2.24) is 4.90 Å². The number of nitrogens with zero attached hydrogens (tertiary/aromatic N) is 3. The Morgan fingerprint density at radius 1 is 1.00 bits per heavy atom. The molecule has 0 aliphatic carbocycles. The summed E-state index contributed by atoms with van der Waals surface area (Å²) in [5, 5.41) is 0. The zero-order valence-electron chi connectivity index (χ0n) is 19.6. The van der Waals surface area contributed by atoms with Gasteiger partial charge in [-0.2, -0.15) is 13.2 Å². The number of hydrogen-bond donors (Lipinski definition) is 0. The van der Waals surface area contributed by atoms with E-state index in [1.54, 1.807) is 11.0 Å². The van der Waals surface area contributed by atoms with Crippen LogP contribution in [0.3, 0.4) is 0 Å². The number of halogens is 3. The van der Waals surface area contributed by atoms with Crippen molar-refractivity contribution in [3.05, 3.63) is 53.6 Å². The second-order valence-corrected chi connectivity index (χ2v) is 10.9. The van der Waals surface area contributed by atoms with Crippen LogP contribution in [-0.4, -0.2) is 77.5 Å². The number of ether oxygens (including phenoxy) is 1. The number of alkyl halides is 3. The maximum atomic E-state index is 13.6. The Hall–Kier alpha value is -2.79. The average molecular weight is 512 g/mol. The van der Waals surface area contributed by atoms with E-state index in [0.717, 1.165) is 18.4 Å². The first-order valence-electron chi connectivity index (χ1n) is 11.3. The number of benzene rings is 2. The van der Waals surface area contributed by atoms with E-state index in [1.165, 1.54) is 24.3 Å². The minimum Gasteiger partial charge on any atom is -0.378 e. The number of carbonyl (C=O) groups excluding carboxylic acids is 1. The van der Waals surface area contributed by atoms with E-state index in [4.69, 9.17) is 4.74 Å². The summed E-state index contributed by atoms with van der Waals surface area (Å²) >= 11 is 0. The Balaban J connectivity index is 1.56. The SMILES string of the molecule is CC1CN(C(=O)c2cc(S(C)(=O)=O)ccc2N2CCOCC2)CCN1c1ccc(C(F)(F)F)cc1. The Morgan fingerprint density at radius 2 is 1.66 bits per heavy atom. The first-order chi connectivity index (χ1) is 16.4. The molecule has 0 N–H and O–H groups in total. The van der Waals surface area contributed by atoms with Crippen molar-refractivity contribution in [2.24, 2.45) is 0 Å². The van der Waals surface area contributed by atoms with Crippen LogP contribution in [-0.2, 0) is 20.8 Å². The summed E-state index contributed by atoms with van der Waals surface area (Å²) in [6.07, 6.45) is -3.29. The van der Waals surface area contributed by atoms with Crippen LogP contribution in [0.5, 0.6) is 0 Å². The molecule has 11 heteroatoms. The van der Waals surface area contributed by atoms with Gasteiger partial charge in [-0.25, -0.2) is 8.42 Å². The van der Waals surface area contributed by atoms with E-state index < -0.39 is 21.6 Å². The smallest absolute Gasteiger partial charge is 0.378 e. The molecule has 2 aromatic carbocycles. The van der Waals surface area contributed by atoms with Crippen molar-refractivity contribution in [2.45, 2.75) is 24.0 Å². The maximum Gasteiger partial charge on any atom is 0.416 e. The van der Waals surface area contributed by atoms with Gasteiger partial charge in [-0.3, -0.25) is 4.79 Å². The second-order valence-electron chi connectivity index (χ2n) is 8.89. The van der Waals surface area contributed by atoms with Crippen molar-refractivity contribution in [3.8, 4) is 0 Å². The third-order valence-corrected chi connectivity index (χ3v) is 7.53.